The zero-order valence-corrected chi connectivity index (χ0v) is 10.3. The van der Waals surface area contributed by atoms with Gasteiger partial charge in [-0.05, 0) is 42.5 Å². The van der Waals surface area contributed by atoms with Crippen LogP contribution in [0.4, 0.5) is 0 Å². The molecule has 2 N–H and O–H groups in total. The molecule has 0 radical (unpaired) electrons. The molecular formula is C13H18ClNO. The number of aliphatic hydroxyl groups is 1. The average molecular weight is 240 g/mol. The highest BCUT2D eigenvalue weighted by Gasteiger charge is 2.22. The third-order valence-electron chi connectivity index (χ3n) is 3.29. The van der Waals surface area contributed by atoms with Crippen LogP contribution in [0.25, 0.3) is 0 Å². The lowest BCUT2D eigenvalue weighted by molar-refractivity contribution is 0.228. The highest BCUT2D eigenvalue weighted by Crippen LogP contribution is 2.25. The number of halogens is 1. The van der Waals surface area contributed by atoms with Gasteiger partial charge in [0.2, 0.25) is 0 Å². The van der Waals surface area contributed by atoms with Crippen LogP contribution in [0.3, 0.4) is 0 Å². The average Bonchev–Trinajstić information content (AvgIpc) is 2.67. The third-order valence-corrected chi connectivity index (χ3v) is 3.52. The number of benzene rings is 1. The molecule has 1 aromatic carbocycles. The van der Waals surface area contributed by atoms with Gasteiger partial charge in [-0.1, -0.05) is 24.6 Å². The quantitative estimate of drug-likeness (QED) is 0.844. The molecule has 0 bridgehead atoms. The van der Waals surface area contributed by atoms with Crippen LogP contribution in [-0.4, -0.2) is 23.8 Å². The lowest BCUT2D eigenvalue weighted by Gasteiger charge is -2.19. The summed E-state index contributed by atoms with van der Waals surface area (Å²) in [6.07, 6.45) is 3.03. The van der Waals surface area contributed by atoms with E-state index >= 15 is 0 Å². The van der Waals surface area contributed by atoms with Crippen molar-refractivity contribution in [3.05, 3.63) is 34.3 Å². The molecule has 2 unspecified atom stereocenters. The SMILES string of the molecule is CCC(CO)NC1Cc2ccc(Cl)cc2C1. The zero-order chi connectivity index (χ0) is 11.5. The molecule has 0 fully saturated rings. The molecule has 0 amide bonds. The summed E-state index contributed by atoms with van der Waals surface area (Å²) >= 11 is 5.97. The Balaban J connectivity index is 2.00. The molecule has 0 aliphatic heterocycles. The Bertz CT molecular complexity index is 363. The maximum Gasteiger partial charge on any atom is 0.0584 e. The summed E-state index contributed by atoms with van der Waals surface area (Å²) in [5.74, 6) is 0. The smallest absolute Gasteiger partial charge is 0.0584 e. The summed E-state index contributed by atoms with van der Waals surface area (Å²) in [7, 11) is 0. The molecule has 0 spiro atoms. The van der Waals surface area contributed by atoms with E-state index in [4.69, 9.17) is 16.7 Å². The number of hydrogen-bond donors (Lipinski definition) is 2. The molecule has 88 valence electrons. The molecule has 16 heavy (non-hydrogen) atoms. The fourth-order valence-corrected chi connectivity index (χ4v) is 2.53. The van der Waals surface area contributed by atoms with E-state index in [9.17, 15) is 0 Å². The van der Waals surface area contributed by atoms with Gasteiger partial charge in [0.15, 0.2) is 0 Å². The van der Waals surface area contributed by atoms with Gasteiger partial charge in [0.25, 0.3) is 0 Å². The van der Waals surface area contributed by atoms with Crippen LogP contribution < -0.4 is 5.32 Å². The number of hydrogen-bond acceptors (Lipinski definition) is 2. The first kappa shape index (κ1) is 11.9. The minimum atomic E-state index is 0.212. The monoisotopic (exact) mass is 239 g/mol. The first-order chi connectivity index (χ1) is 7.72. The van der Waals surface area contributed by atoms with Crippen molar-refractivity contribution in [3.63, 3.8) is 0 Å². The Hall–Kier alpha value is -0.570. The summed E-state index contributed by atoms with van der Waals surface area (Å²) < 4.78 is 0. The van der Waals surface area contributed by atoms with Crippen molar-refractivity contribution in [1.82, 2.24) is 5.32 Å². The van der Waals surface area contributed by atoms with E-state index in [1.165, 1.54) is 11.1 Å². The maximum absolute atomic E-state index is 9.16. The largest absolute Gasteiger partial charge is 0.395 e. The normalized spacial score (nSPS) is 20.8. The Morgan fingerprint density at radius 1 is 1.44 bits per heavy atom. The fourth-order valence-electron chi connectivity index (χ4n) is 2.34. The van der Waals surface area contributed by atoms with E-state index in [0.717, 1.165) is 24.3 Å². The van der Waals surface area contributed by atoms with Crippen molar-refractivity contribution in [3.8, 4) is 0 Å². The molecule has 1 aliphatic rings. The van der Waals surface area contributed by atoms with Gasteiger partial charge in [0.1, 0.15) is 0 Å². The van der Waals surface area contributed by atoms with Crippen LogP contribution in [0.5, 0.6) is 0 Å². The summed E-state index contributed by atoms with van der Waals surface area (Å²) in [6.45, 7) is 2.30. The predicted octanol–water partition coefficient (Wildman–Crippen LogP) is 2.17. The van der Waals surface area contributed by atoms with Gasteiger partial charge < -0.3 is 10.4 Å². The third kappa shape index (κ3) is 2.57. The topological polar surface area (TPSA) is 32.3 Å². The minimum absolute atomic E-state index is 0.212. The Labute approximate surface area is 102 Å². The van der Waals surface area contributed by atoms with Crippen LogP contribution in [0, 0.1) is 0 Å². The molecule has 1 aliphatic carbocycles. The highest BCUT2D eigenvalue weighted by atomic mass is 35.5. The zero-order valence-electron chi connectivity index (χ0n) is 9.54. The summed E-state index contributed by atoms with van der Waals surface area (Å²) in [5, 5.41) is 13.5. The predicted molar refractivity (Wildman–Crippen MR) is 66.9 cm³/mol. The van der Waals surface area contributed by atoms with Crippen molar-refractivity contribution in [2.45, 2.75) is 38.3 Å². The minimum Gasteiger partial charge on any atom is -0.395 e. The second-order valence-electron chi connectivity index (χ2n) is 4.47. The Kier molecular flexibility index (Phi) is 3.85. The number of fused-ring (bicyclic) bond motifs is 1. The van der Waals surface area contributed by atoms with Crippen LogP contribution in [-0.2, 0) is 12.8 Å². The molecule has 2 nitrogen and oxygen atoms in total. The Morgan fingerprint density at radius 2 is 2.19 bits per heavy atom. The first-order valence-electron chi connectivity index (χ1n) is 5.87. The van der Waals surface area contributed by atoms with Gasteiger partial charge in [-0.25, -0.2) is 0 Å². The van der Waals surface area contributed by atoms with E-state index in [2.05, 4.69) is 24.4 Å². The van der Waals surface area contributed by atoms with Gasteiger partial charge in [-0.3, -0.25) is 0 Å². The summed E-state index contributed by atoms with van der Waals surface area (Å²) in [5.41, 5.74) is 2.73. The van der Waals surface area contributed by atoms with E-state index < -0.39 is 0 Å². The Morgan fingerprint density at radius 3 is 2.88 bits per heavy atom. The van der Waals surface area contributed by atoms with E-state index in [1.807, 2.05) is 6.07 Å². The second kappa shape index (κ2) is 5.17. The number of aliphatic hydroxyl groups excluding tert-OH is 1. The van der Waals surface area contributed by atoms with Gasteiger partial charge in [0.05, 0.1) is 6.61 Å². The van der Waals surface area contributed by atoms with E-state index in [-0.39, 0.29) is 12.6 Å². The van der Waals surface area contributed by atoms with Crippen LogP contribution in [0.2, 0.25) is 5.02 Å². The van der Waals surface area contributed by atoms with Crippen molar-refractivity contribution in [2.24, 2.45) is 0 Å². The molecule has 0 aromatic heterocycles. The van der Waals surface area contributed by atoms with Crippen LogP contribution in [0.15, 0.2) is 18.2 Å². The van der Waals surface area contributed by atoms with Crippen molar-refractivity contribution >= 4 is 11.6 Å². The van der Waals surface area contributed by atoms with Crippen molar-refractivity contribution in [1.29, 1.82) is 0 Å². The van der Waals surface area contributed by atoms with Gasteiger partial charge in [0, 0.05) is 17.1 Å². The molecule has 0 saturated heterocycles. The lowest BCUT2D eigenvalue weighted by Crippen LogP contribution is -2.40. The fraction of sp³-hybridized carbons (Fsp3) is 0.538. The molecule has 2 atom stereocenters. The molecule has 0 heterocycles. The summed E-state index contributed by atoms with van der Waals surface area (Å²) in [6, 6.07) is 6.78. The maximum atomic E-state index is 9.16. The van der Waals surface area contributed by atoms with Crippen LogP contribution >= 0.6 is 11.6 Å². The molecule has 0 saturated carbocycles. The van der Waals surface area contributed by atoms with E-state index in [1.54, 1.807) is 0 Å². The van der Waals surface area contributed by atoms with Gasteiger partial charge >= 0.3 is 0 Å². The number of nitrogens with one attached hydrogen (secondary N) is 1. The van der Waals surface area contributed by atoms with Crippen molar-refractivity contribution < 1.29 is 5.11 Å². The second-order valence-corrected chi connectivity index (χ2v) is 4.91. The highest BCUT2D eigenvalue weighted by molar-refractivity contribution is 6.30. The molecule has 2 rings (SSSR count). The van der Waals surface area contributed by atoms with Crippen LogP contribution in [0.1, 0.15) is 24.5 Å². The van der Waals surface area contributed by atoms with Crippen molar-refractivity contribution in [2.75, 3.05) is 6.61 Å². The molecule has 1 aromatic rings. The standard InChI is InChI=1S/C13H18ClNO/c1-2-12(8-16)15-13-6-9-3-4-11(14)5-10(9)7-13/h3-5,12-13,15-16H,2,6-8H2,1H3. The lowest BCUT2D eigenvalue weighted by atomic mass is 10.1. The first-order valence-corrected chi connectivity index (χ1v) is 6.25. The van der Waals surface area contributed by atoms with Gasteiger partial charge in [-0.15, -0.1) is 0 Å². The van der Waals surface area contributed by atoms with Gasteiger partial charge in [-0.2, -0.15) is 0 Å². The molecule has 3 heteroatoms. The number of rotatable bonds is 4. The molecular weight excluding hydrogens is 222 g/mol. The van der Waals surface area contributed by atoms with E-state index in [0.29, 0.717) is 6.04 Å². The summed E-state index contributed by atoms with van der Waals surface area (Å²) in [4.78, 5) is 0.